The number of rotatable bonds is 7. The fraction of sp³-hybridized carbons (Fsp3) is 0.167. The van der Waals surface area contributed by atoms with Gasteiger partial charge in [0.15, 0.2) is 17.3 Å². The molecule has 6 heteroatoms. The first-order valence-corrected chi connectivity index (χ1v) is 7.03. The first kappa shape index (κ1) is 17.5. The Balaban J connectivity index is 2.10. The Bertz CT molecular complexity index is 724. The molecule has 0 saturated carbocycles. The Morgan fingerprint density at radius 2 is 1.67 bits per heavy atom. The molecule has 0 N–H and O–H groups in total. The molecule has 0 aliphatic carbocycles. The predicted octanol–water partition coefficient (Wildman–Crippen LogP) is 4.20. The van der Waals surface area contributed by atoms with Gasteiger partial charge in [0.2, 0.25) is 0 Å². The maximum atomic E-state index is 12.1. The molecule has 4 nitrogen and oxygen atoms in total. The van der Waals surface area contributed by atoms with Crippen molar-refractivity contribution in [1.29, 1.82) is 0 Å². The van der Waals surface area contributed by atoms with Gasteiger partial charge in [-0.2, -0.15) is 8.78 Å². The van der Waals surface area contributed by atoms with Crippen LogP contribution in [-0.4, -0.2) is 26.6 Å². The smallest absolute Gasteiger partial charge is 0.387 e. The molecule has 0 aliphatic heterocycles. The number of ether oxygens (including phenoxy) is 3. The minimum atomic E-state index is -2.89. The number of carbonyl (C=O) groups excluding carboxylic acids is 1. The summed E-state index contributed by atoms with van der Waals surface area (Å²) in [5, 5.41) is 0. The SMILES string of the molecule is COc1ccc(/C=C/C(=O)c2ccc(OC(F)F)cc2)cc1OC. The predicted molar refractivity (Wildman–Crippen MR) is 86.0 cm³/mol. The highest BCUT2D eigenvalue weighted by Crippen LogP contribution is 2.28. The van der Waals surface area contributed by atoms with Crippen molar-refractivity contribution in [2.75, 3.05) is 14.2 Å². The molecule has 2 aromatic carbocycles. The van der Waals surface area contributed by atoms with Gasteiger partial charge in [-0.3, -0.25) is 4.79 Å². The highest BCUT2D eigenvalue weighted by molar-refractivity contribution is 6.06. The number of hydrogen-bond acceptors (Lipinski definition) is 4. The van der Waals surface area contributed by atoms with Crippen LogP contribution in [0.3, 0.4) is 0 Å². The topological polar surface area (TPSA) is 44.8 Å². The fourth-order valence-corrected chi connectivity index (χ4v) is 2.03. The maximum absolute atomic E-state index is 12.1. The number of carbonyl (C=O) groups is 1. The lowest BCUT2D eigenvalue weighted by Crippen LogP contribution is -2.02. The normalized spacial score (nSPS) is 10.9. The van der Waals surface area contributed by atoms with Gasteiger partial charge in [-0.05, 0) is 48.0 Å². The summed E-state index contributed by atoms with van der Waals surface area (Å²) in [5.74, 6) is 0.898. The van der Waals surface area contributed by atoms with Gasteiger partial charge >= 0.3 is 6.61 Å². The molecule has 0 aliphatic rings. The van der Waals surface area contributed by atoms with Crippen LogP contribution in [-0.2, 0) is 0 Å². The molecule has 24 heavy (non-hydrogen) atoms. The largest absolute Gasteiger partial charge is 0.493 e. The number of ketones is 1. The average molecular weight is 334 g/mol. The van der Waals surface area contributed by atoms with Crippen molar-refractivity contribution in [3.63, 3.8) is 0 Å². The third-order valence-electron chi connectivity index (χ3n) is 3.20. The Hall–Kier alpha value is -2.89. The van der Waals surface area contributed by atoms with E-state index in [-0.39, 0.29) is 11.5 Å². The van der Waals surface area contributed by atoms with Crippen LogP contribution in [0.1, 0.15) is 15.9 Å². The van der Waals surface area contributed by atoms with Crippen molar-refractivity contribution in [2.24, 2.45) is 0 Å². The summed E-state index contributed by atoms with van der Waals surface area (Å²) < 4.78 is 38.7. The van der Waals surface area contributed by atoms with Crippen molar-refractivity contribution in [2.45, 2.75) is 6.61 Å². The van der Waals surface area contributed by atoms with E-state index >= 15 is 0 Å². The number of benzene rings is 2. The van der Waals surface area contributed by atoms with Crippen molar-refractivity contribution in [3.05, 3.63) is 59.7 Å². The molecule has 0 spiro atoms. The van der Waals surface area contributed by atoms with Gasteiger partial charge in [0.05, 0.1) is 14.2 Å². The molecule has 0 fully saturated rings. The molecule has 0 amide bonds. The summed E-state index contributed by atoms with van der Waals surface area (Å²) in [7, 11) is 3.07. The average Bonchev–Trinajstić information content (AvgIpc) is 2.59. The molecule has 0 bridgehead atoms. The molecular formula is C18H16F2O4. The van der Waals surface area contributed by atoms with E-state index in [4.69, 9.17) is 9.47 Å². The molecule has 0 atom stereocenters. The minimum absolute atomic E-state index is 0.00502. The zero-order valence-electron chi connectivity index (χ0n) is 13.2. The molecular weight excluding hydrogens is 318 g/mol. The second-order valence-corrected chi connectivity index (χ2v) is 4.71. The molecule has 2 aromatic rings. The van der Waals surface area contributed by atoms with E-state index in [9.17, 15) is 13.6 Å². The third-order valence-corrected chi connectivity index (χ3v) is 3.20. The van der Waals surface area contributed by atoms with Crippen LogP contribution >= 0.6 is 0 Å². The number of methoxy groups -OCH3 is 2. The van der Waals surface area contributed by atoms with E-state index in [1.807, 2.05) is 0 Å². The van der Waals surface area contributed by atoms with Crippen molar-refractivity contribution in [3.8, 4) is 17.2 Å². The van der Waals surface area contributed by atoms with Gasteiger partial charge < -0.3 is 14.2 Å². The van der Waals surface area contributed by atoms with Gasteiger partial charge in [-0.25, -0.2) is 0 Å². The van der Waals surface area contributed by atoms with Crippen molar-refractivity contribution < 1.29 is 27.8 Å². The van der Waals surface area contributed by atoms with E-state index in [2.05, 4.69) is 4.74 Å². The molecule has 0 heterocycles. The van der Waals surface area contributed by atoms with Crippen LogP contribution < -0.4 is 14.2 Å². The first-order valence-electron chi connectivity index (χ1n) is 7.03. The molecule has 2 rings (SSSR count). The standard InChI is InChI=1S/C18H16F2O4/c1-22-16-10-4-12(11-17(16)23-2)3-9-15(21)13-5-7-14(8-6-13)24-18(19)20/h3-11,18H,1-2H3/b9-3+. The number of alkyl halides is 2. The van der Waals surface area contributed by atoms with Crippen LogP contribution in [0.15, 0.2) is 48.5 Å². The summed E-state index contributed by atoms with van der Waals surface area (Å²) in [6, 6.07) is 10.8. The van der Waals surface area contributed by atoms with E-state index in [0.29, 0.717) is 17.1 Å². The fourth-order valence-electron chi connectivity index (χ4n) is 2.03. The van der Waals surface area contributed by atoms with E-state index in [0.717, 1.165) is 5.56 Å². The van der Waals surface area contributed by atoms with Gasteiger partial charge in [0.25, 0.3) is 0 Å². The molecule has 0 unspecified atom stereocenters. The third kappa shape index (κ3) is 4.55. The second kappa shape index (κ2) is 8.10. The number of hydrogen-bond donors (Lipinski definition) is 0. The van der Waals surface area contributed by atoms with Gasteiger partial charge in [0, 0.05) is 5.56 Å². The summed E-state index contributed by atoms with van der Waals surface area (Å²) in [4.78, 5) is 12.1. The zero-order valence-corrected chi connectivity index (χ0v) is 13.2. The maximum Gasteiger partial charge on any atom is 0.387 e. The van der Waals surface area contributed by atoms with Gasteiger partial charge in [0.1, 0.15) is 5.75 Å². The lowest BCUT2D eigenvalue weighted by molar-refractivity contribution is -0.0498. The molecule has 0 radical (unpaired) electrons. The second-order valence-electron chi connectivity index (χ2n) is 4.71. The summed E-state index contributed by atoms with van der Waals surface area (Å²) in [5.41, 5.74) is 1.13. The number of allylic oxidation sites excluding steroid dienone is 1. The zero-order chi connectivity index (χ0) is 17.5. The Morgan fingerprint density at radius 1 is 1.00 bits per heavy atom. The Morgan fingerprint density at radius 3 is 2.25 bits per heavy atom. The van der Waals surface area contributed by atoms with Crippen LogP contribution in [0.25, 0.3) is 6.08 Å². The van der Waals surface area contributed by atoms with E-state index in [1.54, 1.807) is 24.3 Å². The summed E-state index contributed by atoms with van der Waals surface area (Å²) >= 11 is 0. The molecule has 0 aromatic heterocycles. The van der Waals surface area contributed by atoms with Crippen LogP contribution in [0.4, 0.5) is 8.78 Å². The first-order chi connectivity index (χ1) is 11.5. The highest BCUT2D eigenvalue weighted by atomic mass is 19.3. The van der Waals surface area contributed by atoms with Crippen molar-refractivity contribution >= 4 is 11.9 Å². The Labute approximate surface area is 138 Å². The van der Waals surface area contributed by atoms with E-state index in [1.165, 1.54) is 44.6 Å². The van der Waals surface area contributed by atoms with E-state index < -0.39 is 6.61 Å². The van der Waals surface area contributed by atoms with Crippen LogP contribution in [0, 0.1) is 0 Å². The van der Waals surface area contributed by atoms with Crippen LogP contribution in [0.2, 0.25) is 0 Å². The van der Waals surface area contributed by atoms with Gasteiger partial charge in [-0.1, -0.05) is 12.1 Å². The van der Waals surface area contributed by atoms with Gasteiger partial charge in [-0.15, -0.1) is 0 Å². The van der Waals surface area contributed by atoms with Crippen molar-refractivity contribution in [1.82, 2.24) is 0 Å². The highest BCUT2D eigenvalue weighted by Gasteiger charge is 2.07. The lowest BCUT2D eigenvalue weighted by atomic mass is 10.1. The minimum Gasteiger partial charge on any atom is -0.493 e. The molecule has 0 saturated heterocycles. The van der Waals surface area contributed by atoms with Crippen LogP contribution in [0.5, 0.6) is 17.2 Å². The monoisotopic (exact) mass is 334 g/mol. The lowest BCUT2D eigenvalue weighted by Gasteiger charge is -2.07. The Kier molecular flexibility index (Phi) is 5.89. The summed E-state index contributed by atoms with van der Waals surface area (Å²) in [6.07, 6.45) is 3.03. The summed E-state index contributed by atoms with van der Waals surface area (Å²) in [6.45, 7) is -2.89. The molecule has 126 valence electrons. The quantitative estimate of drug-likeness (QED) is 0.562. The number of halogens is 2.